The van der Waals surface area contributed by atoms with Crippen molar-refractivity contribution in [3.05, 3.63) is 91.3 Å². The number of hydrogen-bond donors (Lipinski definition) is 1. The highest BCUT2D eigenvalue weighted by Gasteiger charge is 2.05. The Morgan fingerprint density at radius 3 is 2.04 bits per heavy atom. The summed E-state index contributed by atoms with van der Waals surface area (Å²) in [6.45, 7) is 0. The zero-order valence-electron chi connectivity index (χ0n) is 12.6. The maximum atomic E-state index is 3.78. The van der Waals surface area contributed by atoms with Gasteiger partial charge in [-0.25, -0.2) is 0 Å². The molecule has 0 saturated heterocycles. The van der Waals surface area contributed by atoms with Gasteiger partial charge in [-0.1, -0.05) is 60.7 Å². The second-order valence-corrected chi connectivity index (χ2v) is 5.40. The van der Waals surface area contributed by atoms with Crippen LogP contribution in [0.3, 0.4) is 0 Å². The van der Waals surface area contributed by atoms with E-state index in [4.69, 9.17) is 0 Å². The van der Waals surface area contributed by atoms with E-state index >= 15 is 0 Å². The quantitative estimate of drug-likeness (QED) is 0.398. The average molecular weight is 296 g/mol. The molecule has 2 heterocycles. The largest absolute Gasteiger partial charge is 0.354 e. The van der Waals surface area contributed by atoms with E-state index in [1.807, 2.05) is 18.2 Å². The standard InChI is InChI=1S/C16H11N.C5H5N/c1-2-6-12-11(5-1)9-10-14-13-7-3-4-8-15(13)17-16(12)14;1-2-4-6-5-3-1/h1-10,17H;1-5H. The van der Waals surface area contributed by atoms with Crippen molar-refractivity contribution in [2.24, 2.45) is 0 Å². The Kier molecular flexibility index (Phi) is 3.49. The van der Waals surface area contributed by atoms with Crippen LogP contribution in [0.4, 0.5) is 0 Å². The van der Waals surface area contributed by atoms with E-state index in [-0.39, 0.29) is 0 Å². The van der Waals surface area contributed by atoms with Crippen molar-refractivity contribution in [3.8, 4) is 0 Å². The van der Waals surface area contributed by atoms with Gasteiger partial charge < -0.3 is 4.98 Å². The van der Waals surface area contributed by atoms with Gasteiger partial charge in [0.2, 0.25) is 0 Å². The van der Waals surface area contributed by atoms with Crippen molar-refractivity contribution in [1.82, 2.24) is 9.97 Å². The zero-order valence-corrected chi connectivity index (χ0v) is 12.6. The van der Waals surface area contributed by atoms with Crippen LogP contribution in [0.1, 0.15) is 0 Å². The van der Waals surface area contributed by atoms with Gasteiger partial charge in [0.25, 0.3) is 0 Å². The van der Waals surface area contributed by atoms with Gasteiger partial charge >= 0.3 is 0 Å². The van der Waals surface area contributed by atoms with Crippen LogP contribution in [0.25, 0.3) is 32.6 Å². The third kappa shape index (κ3) is 2.55. The number of hydrogen-bond acceptors (Lipinski definition) is 1. The predicted octanol–water partition coefficient (Wildman–Crippen LogP) is 5.56. The molecule has 0 fully saturated rings. The van der Waals surface area contributed by atoms with Crippen molar-refractivity contribution in [3.63, 3.8) is 0 Å². The van der Waals surface area contributed by atoms with E-state index in [1.165, 1.54) is 32.6 Å². The summed E-state index contributed by atoms with van der Waals surface area (Å²) in [5.41, 5.74) is 2.45. The van der Waals surface area contributed by atoms with Crippen molar-refractivity contribution >= 4 is 32.6 Å². The first-order chi connectivity index (χ1) is 11.4. The Morgan fingerprint density at radius 2 is 1.30 bits per heavy atom. The normalized spacial score (nSPS) is 10.6. The number of aromatic nitrogens is 2. The molecular weight excluding hydrogens is 280 g/mol. The Hall–Kier alpha value is -3.13. The zero-order chi connectivity index (χ0) is 15.5. The van der Waals surface area contributed by atoms with E-state index in [0.717, 1.165) is 0 Å². The molecule has 2 heteroatoms. The molecule has 0 aliphatic carbocycles. The van der Waals surface area contributed by atoms with Crippen molar-refractivity contribution in [2.75, 3.05) is 0 Å². The summed E-state index contributed by atoms with van der Waals surface area (Å²) < 4.78 is 0. The molecule has 0 atom stereocenters. The van der Waals surface area contributed by atoms with Gasteiger partial charge in [0.1, 0.15) is 0 Å². The van der Waals surface area contributed by atoms with Crippen LogP contribution in [0, 0.1) is 0 Å². The van der Waals surface area contributed by atoms with Gasteiger partial charge in [-0.15, -0.1) is 0 Å². The summed E-state index contributed by atoms with van der Waals surface area (Å²) in [7, 11) is 0. The molecule has 0 saturated carbocycles. The van der Waals surface area contributed by atoms with Crippen LogP contribution in [-0.2, 0) is 0 Å². The molecule has 0 unspecified atom stereocenters. The van der Waals surface area contributed by atoms with Crippen LogP contribution in [0.15, 0.2) is 91.3 Å². The fraction of sp³-hybridized carbons (Fsp3) is 0. The number of fused-ring (bicyclic) bond motifs is 5. The predicted molar refractivity (Wildman–Crippen MR) is 97.5 cm³/mol. The minimum absolute atomic E-state index is 1.21. The molecule has 2 aromatic heterocycles. The van der Waals surface area contributed by atoms with Gasteiger partial charge in [0, 0.05) is 34.1 Å². The maximum absolute atomic E-state index is 3.78. The molecule has 0 radical (unpaired) electrons. The van der Waals surface area contributed by atoms with E-state index in [2.05, 4.69) is 70.6 Å². The highest BCUT2D eigenvalue weighted by Crippen LogP contribution is 2.30. The molecule has 0 spiro atoms. The first kappa shape index (κ1) is 13.5. The van der Waals surface area contributed by atoms with Gasteiger partial charge in [-0.2, -0.15) is 0 Å². The monoisotopic (exact) mass is 296 g/mol. The third-order valence-electron chi connectivity index (χ3n) is 3.97. The third-order valence-corrected chi connectivity index (χ3v) is 3.97. The Labute approximate surface area is 134 Å². The first-order valence-electron chi connectivity index (χ1n) is 7.67. The molecule has 0 bridgehead atoms. The fourth-order valence-electron chi connectivity index (χ4n) is 2.90. The van der Waals surface area contributed by atoms with Crippen LogP contribution in [0.5, 0.6) is 0 Å². The summed E-state index contributed by atoms with van der Waals surface area (Å²) in [5.74, 6) is 0. The van der Waals surface area contributed by atoms with Gasteiger partial charge in [0.15, 0.2) is 0 Å². The van der Waals surface area contributed by atoms with E-state index < -0.39 is 0 Å². The highest BCUT2D eigenvalue weighted by atomic mass is 14.7. The SMILES string of the molecule is c1ccc2c(c1)ccc1c3ccccc3[nH]c21.c1ccncc1. The lowest BCUT2D eigenvalue weighted by molar-refractivity contribution is 1.33. The minimum Gasteiger partial charge on any atom is -0.354 e. The van der Waals surface area contributed by atoms with Crippen molar-refractivity contribution in [1.29, 1.82) is 0 Å². The smallest absolute Gasteiger partial charge is 0.0544 e. The number of nitrogens with one attached hydrogen (secondary N) is 1. The lowest BCUT2D eigenvalue weighted by Crippen LogP contribution is -1.74. The van der Waals surface area contributed by atoms with E-state index in [1.54, 1.807) is 12.4 Å². The molecule has 0 aliphatic heterocycles. The van der Waals surface area contributed by atoms with Gasteiger partial charge in [-0.05, 0) is 23.6 Å². The average Bonchev–Trinajstić information content (AvgIpc) is 3.03. The Morgan fingerprint density at radius 1 is 0.565 bits per heavy atom. The molecule has 2 nitrogen and oxygen atoms in total. The Balaban J connectivity index is 0.000000192. The second kappa shape index (κ2) is 5.93. The molecule has 5 aromatic rings. The number of rotatable bonds is 0. The molecule has 5 rings (SSSR count). The molecule has 3 aromatic carbocycles. The molecule has 1 N–H and O–H groups in total. The van der Waals surface area contributed by atoms with Gasteiger partial charge in [0.05, 0.1) is 5.52 Å². The summed E-state index contributed by atoms with van der Waals surface area (Å²) in [4.78, 5) is 7.31. The summed E-state index contributed by atoms with van der Waals surface area (Å²) in [6, 6.07) is 27.1. The second-order valence-electron chi connectivity index (χ2n) is 5.40. The van der Waals surface area contributed by atoms with Crippen LogP contribution in [-0.4, -0.2) is 9.97 Å². The topological polar surface area (TPSA) is 28.7 Å². The van der Waals surface area contributed by atoms with Crippen LogP contribution in [0.2, 0.25) is 0 Å². The minimum atomic E-state index is 1.21. The summed E-state index contributed by atoms with van der Waals surface area (Å²) in [6.07, 6.45) is 3.50. The number of para-hydroxylation sites is 1. The number of pyridine rings is 1. The molecule has 23 heavy (non-hydrogen) atoms. The number of nitrogens with zero attached hydrogens (tertiary/aromatic N) is 1. The Bertz CT molecular complexity index is 1040. The number of benzene rings is 3. The van der Waals surface area contributed by atoms with E-state index in [0.29, 0.717) is 0 Å². The number of H-pyrrole nitrogens is 1. The first-order valence-corrected chi connectivity index (χ1v) is 7.67. The molecule has 0 aliphatic rings. The lowest BCUT2D eigenvalue weighted by Gasteiger charge is -1.98. The van der Waals surface area contributed by atoms with Crippen LogP contribution < -0.4 is 0 Å². The lowest BCUT2D eigenvalue weighted by atomic mass is 10.1. The van der Waals surface area contributed by atoms with E-state index in [9.17, 15) is 0 Å². The number of aromatic amines is 1. The van der Waals surface area contributed by atoms with Crippen LogP contribution >= 0.6 is 0 Å². The maximum Gasteiger partial charge on any atom is 0.0544 e. The van der Waals surface area contributed by atoms with Crippen molar-refractivity contribution < 1.29 is 0 Å². The molecular formula is C21H16N2. The molecule has 110 valence electrons. The van der Waals surface area contributed by atoms with Crippen molar-refractivity contribution in [2.45, 2.75) is 0 Å². The fourth-order valence-corrected chi connectivity index (χ4v) is 2.90. The summed E-state index contributed by atoms with van der Waals surface area (Å²) >= 11 is 0. The highest BCUT2D eigenvalue weighted by molar-refractivity contribution is 6.16. The van der Waals surface area contributed by atoms with Gasteiger partial charge in [-0.3, -0.25) is 4.98 Å². The molecule has 0 amide bonds. The summed E-state index contributed by atoms with van der Waals surface area (Å²) in [5, 5.41) is 5.18.